The number of halogens is 3. The number of aliphatic hydroxyl groups is 1. The minimum atomic E-state index is -4.77. The van der Waals surface area contributed by atoms with Crippen LogP contribution in [0.5, 0.6) is 0 Å². The van der Waals surface area contributed by atoms with Crippen molar-refractivity contribution >= 4 is 16.9 Å². The molecule has 1 amide bonds. The molecule has 5 nitrogen and oxygen atoms in total. The number of hydrogen-bond donors (Lipinski definition) is 2. The molecule has 0 fully saturated rings. The summed E-state index contributed by atoms with van der Waals surface area (Å²) in [5, 5.41) is 9.94. The fraction of sp³-hybridized carbons (Fsp3) is 0.235. The van der Waals surface area contributed by atoms with Crippen molar-refractivity contribution in [1.82, 2.24) is 9.55 Å². The van der Waals surface area contributed by atoms with E-state index in [1.165, 1.54) is 17.7 Å². The summed E-state index contributed by atoms with van der Waals surface area (Å²) in [6.07, 6.45) is -7.34. The number of alkyl halides is 3. The molecular weight excluding hydrogens is 539 g/mol. The Balaban J connectivity index is 1.54. The number of primary amides is 1. The number of amides is 1. The smallest absolute Gasteiger partial charge is 0.379 e. The van der Waals surface area contributed by atoms with Crippen LogP contribution in [-0.2, 0) is 6.54 Å². The number of hydrogen-bond acceptors (Lipinski definition) is 3. The number of rotatable bonds is 8. The number of carbonyl (C=O) groups is 1. The summed E-state index contributed by atoms with van der Waals surface area (Å²) in [6, 6.07) is 26.9. The largest absolute Gasteiger partial charge is 0.418 e. The highest BCUT2D eigenvalue weighted by Crippen LogP contribution is 2.38. The number of aliphatic hydroxyl groups excluding tert-OH is 1. The highest BCUT2D eigenvalue weighted by molar-refractivity contribution is 5.96. The standard InChI is InChI=1S/C34H32F3N3O2/c1-20(2)24-7-6-8-25(17-24)21(3)33-39-29-18-26(32(38)42)15-16-30(29)40(33)19-22-11-13-23(14-12-22)27-9-4-5-10-28(27)31(41)34(35,36)37/h4-18,20-21,31,41H,19H2,1-3H3,(H2,38,42)/t21-,31?/m0/s1. The molecule has 0 saturated heterocycles. The molecule has 0 bridgehead atoms. The lowest BCUT2D eigenvalue weighted by Crippen LogP contribution is -2.20. The normalized spacial score (nSPS) is 13.4. The monoisotopic (exact) mass is 571 g/mol. The molecule has 0 aliphatic rings. The number of fused-ring (bicyclic) bond motifs is 1. The highest BCUT2D eigenvalue weighted by atomic mass is 19.4. The van der Waals surface area contributed by atoms with Crippen molar-refractivity contribution < 1.29 is 23.1 Å². The van der Waals surface area contributed by atoms with Crippen molar-refractivity contribution in [3.8, 4) is 11.1 Å². The number of carbonyl (C=O) groups excluding carboxylic acids is 1. The van der Waals surface area contributed by atoms with Gasteiger partial charge in [0.2, 0.25) is 5.91 Å². The van der Waals surface area contributed by atoms with Crippen LogP contribution in [0, 0.1) is 0 Å². The van der Waals surface area contributed by atoms with Crippen LogP contribution in [0.1, 0.15) is 77.1 Å². The van der Waals surface area contributed by atoms with E-state index in [1.54, 1.807) is 36.4 Å². The molecule has 216 valence electrons. The third-order valence-corrected chi connectivity index (χ3v) is 7.70. The molecule has 0 spiro atoms. The first-order chi connectivity index (χ1) is 19.9. The second-order valence-electron chi connectivity index (χ2n) is 10.9. The van der Waals surface area contributed by atoms with E-state index < -0.39 is 18.2 Å². The summed E-state index contributed by atoms with van der Waals surface area (Å²) in [7, 11) is 0. The number of nitrogens with two attached hydrogens (primary N) is 1. The van der Waals surface area contributed by atoms with Gasteiger partial charge in [-0.2, -0.15) is 13.2 Å². The Morgan fingerprint density at radius 3 is 2.26 bits per heavy atom. The third kappa shape index (κ3) is 5.81. The van der Waals surface area contributed by atoms with E-state index in [0.29, 0.717) is 34.7 Å². The molecule has 8 heteroatoms. The van der Waals surface area contributed by atoms with Crippen LogP contribution in [0.15, 0.2) is 91.0 Å². The quantitative estimate of drug-likeness (QED) is 0.200. The summed E-state index contributed by atoms with van der Waals surface area (Å²) in [5.41, 5.74) is 11.3. The van der Waals surface area contributed by atoms with Crippen molar-refractivity contribution in [3.05, 3.63) is 125 Å². The van der Waals surface area contributed by atoms with Gasteiger partial charge in [0.1, 0.15) is 5.82 Å². The first-order valence-corrected chi connectivity index (χ1v) is 13.8. The van der Waals surface area contributed by atoms with Crippen LogP contribution < -0.4 is 5.73 Å². The molecule has 42 heavy (non-hydrogen) atoms. The van der Waals surface area contributed by atoms with E-state index in [0.717, 1.165) is 22.5 Å². The second kappa shape index (κ2) is 11.4. The molecule has 1 heterocycles. The predicted molar refractivity (Wildman–Crippen MR) is 158 cm³/mol. The molecule has 0 saturated carbocycles. The maximum absolute atomic E-state index is 13.3. The fourth-order valence-electron chi connectivity index (χ4n) is 5.28. The van der Waals surface area contributed by atoms with Crippen molar-refractivity contribution in [3.63, 3.8) is 0 Å². The molecule has 4 aromatic carbocycles. The van der Waals surface area contributed by atoms with E-state index in [9.17, 15) is 23.1 Å². The molecule has 5 rings (SSSR count). The Morgan fingerprint density at radius 1 is 0.905 bits per heavy atom. The van der Waals surface area contributed by atoms with E-state index in [-0.39, 0.29) is 11.5 Å². The minimum Gasteiger partial charge on any atom is -0.379 e. The first kappa shape index (κ1) is 29.1. The highest BCUT2D eigenvalue weighted by Gasteiger charge is 2.40. The van der Waals surface area contributed by atoms with Gasteiger partial charge in [-0.1, -0.05) is 93.6 Å². The number of imidazole rings is 1. The molecule has 0 radical (unpaired) electrons. The molecule has 2 atom stereocenters. The van der Waals surface area contributed by atoms with Crippen molar-refractivity contribution in [2.45, 2.75) is 51.4 Å². The molecule has 3 N–H and O–H groups in total. The zero-order valence-electron chi connectivity index (χ0n) is 23.6. The van der Waals surface area contributed by atoms with Crippen LogP contribution in [-0.4, -0.2) is 26.7 Å². The van der Waals surface area contributed by atoms with Crippen LogP contribution in [0.3, 0.4) is 0 Å². The van der Waals surface area contributed by atoms with E-state index in [1.807, 2.05) is 24.3 Å². The Bertz CT molecular complexity index is 1740. The average molecular weight is 572 g/mol. The summed E-state index contributed by atoms with van der Waals surface area (Å²) >= 11 is 0. The SMILES string of the molecule is CC(C)c1cccc([C@H](C)c2nc3cc(C(N)=O)ccc3n2Cc2ccc(-c3ccccc3C(O)C(F)(F)F)cc2)c1. The van der Waals surface area contributed by atoms with E-state index in [2.05, 4.69) is 43.5 Å². The molecule has 1 aromatic heterocycles. The van der Waals surface area contributed by atoms with Gasteiger partial charge in [0.15, 0.2) is 6.10 Å². The minimum absolute atomic E-state index is 0.0665. The van der Waals surface area contributed by atoms with E-state index in [4.69, 9.17) is 10.7 Å². The third-order valence-electron chi connectivity index (χ3n) is 7.70. The van der Waals surface area contributed by atoms with Gasteiger partial charge in [-0.15, -0.1) is 0 Å². The van der Waals surface area contributed by atoms with Gasteiger partial charge in [0, 0.05) is 18.0 Å². The van der Waals surface area contributed by atoms with Crippen LogP contribution in [0.4, 0.5) is 13.2 Å². The van der Waals surface area contributed by atoms with Crippen molar-refractivity contribution in [2.24, 2.45) is 5.73 Å². The van der Waals surface area contributed by atoms with Gasteiger partial charge >= 0.3 is 6.18 Å². The predicted octanol–water partition coefficient (Wildman–Crippen LogP) is 7.72. The van der Waals surface area contributed by atoms with Gasteiger partial charge in [-0.25, -0.2) is 4.98 Å². The van der Waals surface area contributed by atoms with Crippen molar-refractivity contribution in [1.29, 1.82) is 0 Å². The lowest BCUT2D eigenvalue weighted by atomic mass is 9.94. The molecular formula is C34H32F3N3O2. The Morgan fingerprint density at radius 2 is 1.60 bits per heavy atom. The molecule has 0 aliphatic heterocycles. The Hall–Kier alpha value is -4.43. The van der Waals surface area contributed by atoms with Gasteiger partial charge < -0.3 is 15.4 Å². The fourth-order valence-corrected chi connectivity index (χ4v) is 5.28. The maximum atomic E-state index is 13.3. The Labute approximate surface area is 242 Å². The number of aromatic nitrogens is 2. The lowest BCUT2D eigenvalue weighted by molar-refractivity contribution is -0.206. The van der Waals surface area contributed by atoms with Gasteiger partial charge in [0.25, 0.3) is 0 Å². The van der Waals surface area contributed by atoms with E-state index >= 15 is 0 Å². The van der Waals surface area contributed by atoms with Crippen molar-refractivity contribution in [2.75, 3.05) is 0 Å². The molecule has 0 aliphatic carbocycles. The summed E-state index contributed by atoms with van der Waals surface area (Å²) in [5.74, 6) is 0.588. The zero-order chi connectivity index (χ0) is 30.2. The maximum Gasteiger partial charge on any atom is 0.418 e. The number of benzene rings is 4. The second-order valence-corrected chi connectivity index (χ2v) is 10.9. The van der Waals surface area contributed by atoms with Crippen LogP contribution >= 0.6 is 0 Å². The average Bonchev–Trinajstić information content (AvgIpc) is 3.33. The van der Waals surface area contributed by atoms with Gasteiger partial charge in [-0.05, 0) is 57.5 Å². The van der Waals surface area contributed by atoms with Gasteiger partial charge in [-0.3, -0.25) is 4.79 Å². The van der Waals surface area contributed by atoms with Crippen LogP contribution in [0.25, 0.3) is 22.2 Å². The van der Waals surface area contributed by atoms with Crippen LogP contribution in [0.2, 0.25) is 0 Å². The first-order valence-electron chi connectivity index (χ1n) is 13.8. The summed E-state index contributed by atoms with van der Waals surface area (Å²) in [6.45, 7) is 6.84. The van der Waals surface area contributed by atoms with Gasteiger partial charge in [0.05, 0.1) is 11.0 Å². The molecule has 5 aromatic rings. The zero-order valence-corrected chi connectivity index (χ0v) is 23.6. The molecule has 1 unspecified atom stereocenters. The summed E-state index contributed by atoms with van der Waals surface area (Å²) < 4.78 is 42.0. The number of nitrogens with zero attached hydrogens (tertiary/aromatic N) is 2. The summed E-state index contributed by atoms with van der Waals surface area (Å²) in [4.78, 5) is 16.8. The topological polar surface area (TPSA) is 81.1 Å². The lowest BCUT2D eigenvalue weighted by Gasteiger charge is -2.19. The Kier molecular flexibility index (Phi) is 7.93.